The first-order valence-electron chi connectivity index (χ1n) is 10.4. The van der Waals surface area contributed by atoms with Crippen LogP contribution in [-0.2, 0) is 11.2 Å². The van der Waals surface area contributed by atoms with Gasteiger partial charge in [0.15, 0.2) is 11.5 Å². The van der Waals surface area contributed by atoms with Crippen LogP contribution < -0.4 is 19.7 Å². The van der Waals surface area contributed by atoms with Gasteiger partial charge in [0, 0.05) is 36.6 Å². The quantitative estimate of drug-likeness (QED) is 0.694. The molecule has 1 N–H and O–H groups in total. The molecule has 2 aromatic heterocycles. The number of aromatic nitrogens is 4. The van der Waals surface area contributed by atoms with Crippen molar-refractivity contribution in [3.63, 3.8) is 0 Å². The predicted molar refractivity (Wildman–Crippen MR) is 111 cm³/mol. The highest BCUT2D eigenvalue weighted by Crippen LogP contribution is 2.34. The molecule has 9 nitrogen and oxygen atoms in total. The van der Waals surface area contributed by atoms with Crippen molar-refractivity contribution in [3.8, 4) is 11.5 Å². The molecule has 1 aromatic carbocycles. The van der Waals surface area contributed by atoms with Gasteiger partial charge in [-0.25, -0.2) is 4.98 Å². The lowest BCUT2D eigenvalue weighted by atomic mass is 9.97. The summed E-state index contributed by atoms with van der Waals surface area (Å²) in [6.45, 7) is 3.85. The Morgan fingerprint density at radius 3 is 3.07 bits per heavy atom. The summed E-state index contributed by atoms with van der Waals surface area (Å²) in [4.78, 5) is 24.0. The van der Waals surface area contributed by atoms with Gasteiger partial charge in [-0.15, -0.1) is 0 Å². The standard InChI is InChI=1S/C21H24N6O3/c1-2-4-15-10-19(27-21(25-15)22-12-23-27)26-8-3-5-14(11-26)20(28)24-16-6-7-17-18(9-16)30-13-29-17/h6-7,9-10,12,14H,2-5,8,11,13H2,1H3,(H,24,28)/t14-/m0/s1. The molecule has 9 heteroatoms. The molecule has 1 amide bonds. The normalized spacial score (nSPS) is 18.0. The van der Waals surface area contributed by atoms with Crippen molar-refractivity contribution in [3.05, 3.63) is 36.3 Å². The van der Waals surface area contributed by atoms with E-state index in [4.69, 9.17) is 9.47 Å². The Morgan fingerprint density at radius 2 is 2.17 bits per heavy atom. The molecule has 0 unspecified atom stereocenters. The third-order valence-electron chi connectivity index (χ3n) is 5.55. The molecule has 0 saturated carbocycles. The summed E-state index contributed by atoms with van der Waals surface area (Å²) in [5, 5.41) is 7.37. The van der Waals surface area contributed by atoms with Crippen LogP contribution in [0.3, 0.4) is 0 Å². The second kappa shape index (κ2) is 7.81. The van der Waals surface area contributed by atoms with E-state index in [1.807, 2.05) is 12.1 Å². The van der Waals surface area contributed by atoms with Gasteiger partial charge in [0.1, 0.15) is 12.1 Å². The van der Waals surface area contributed by atoms with Crippen LogP contribution in [0.2, 0.25) is 0 Å². The van der Waals surface area contributed by atoms with Crippen LogP contribution in [0.4, 0.5) is 11.5 Å². The van der Waals surface area contributed by atoms with Crippen LogP contribution in [0.5, 0.6) is 11.5 Å². The number of carbonyl (C=O) groups excluding carboxylic acids is 1. The second-order valence-electron chi connectivity index (χ2n) is 7.67. The molecule has 2 aliphatic rings. The topological polar surface area (TPSA) is 93.9 Å². The van der Waals surface area contributed by atoms with Gasteiger partial charge in [-0.05, 0) is 31.4 Å². The van der Waals surface area contributed by atoms with Crippen molar-refractivity contribution in [2.24, 2.45) is 5.92 Å². The van der Waals surface area contributed by atoms with Gasteiger partial charge in [-0.1, -0.05) is 13.3 Å². The molecule has 4 heterocycles. The van der Waals surface area contributed by atoms with Gasteiger partial charge in [0.05, 0.1) is 5.92 Å². The number of carbonyl (C=O) groups is 1. The van der Waals surface area contributed by atoms with E-state index in [-0.39, 0.29) is 18.6 Å². The zero-order chi connectivity index (χ0) is 20.5. The monoisotopic (exact) mass is 408 g/mol. The number of rotatable bonds is 5. The van der Waals surface area contributed by atoms with Crippen LogP contribution in [-0.4, -0.2) is 45.4 Å². The van der Waals surface area contributed by atoms with Crippen molar-refractivity contribution in [2.45, 2.75) is 32.6 Å². The predicted octanol–water partition coefficient (Wildman–Crippen LogP) is 2.66. The number of fused-ring (bicyclic) bond motifs is 2. The molecule has 0 radical (unpaired) electrons. The number of nitrogens with one attached hydrogen (secondary N) is 1. The molecular formula is C21H24N6O3. The van der Waals surface area contributed by atoms with E-state index < -0.39 is 0 Å². The molecular weight excluding hydrogens is 384 g/mol. The summed E-state index contributed by atoms with van der Waals surface area (Å²) >= 11 is 0. The van der Waals surface area contributed by atoms with Gasteiger partial charge >= 0.3 is 0 Å². The van der Waals surface area contributed by atoms with Crippen LogP contribution in [0.15, 0.2) is 30.6 Å². The maximum atomic E-state index is 13.0. The summed E-state index contributed by atoms with van der Waals surface area (Å²) in [5.41, 5.74) is 1.72. The number of aryl methyl sites for hydroxylation is 1. The highest BCUT2D eigenvalue weighted by molar-refractivity contribution is 5.93. The zero-order valence-corrected chi connectivity index (χ0v) is 16.9. The number of ether oxygens (including phenoxy) is 2. The Balaban J connectivity index is 1.34. The number of nitrogens with zero attached hydrogens (tertiary/aromatic N) is 5. The first-order chi connectivity index (χ1) is 14.7. The lowest BCUT2D eigenvalue weighted by molar-refractivity contribution is -0.120. The zero-order valence-electron chi connectivity index (χ0n) is 16.9. The van der Waals surface area contributed by atoms with E-state index in [1.165, 1.54) is 6.33 Å². The van der Waals surface area contributed by atoms with E-state index in [0.29, 0.717) is 29.5 Å². The minimum absolute atomic E-state index is 0.0104. The molecule has 1 fully saturated rings. The number of hydrogen-bond acceptors (Lipinski definition) is 7. The smallest absolute Gasteiger partial charge is 0.254 e. The van der Waals surface area contributed by atoms with E-state index in [9.17, 15) is 4.79 Å². The first-order valence-corrected chi connectivity index (χ1v) is 10.4. The van der Waals surface area contributed by atoms with Crippen LogP contribution in [0.1, 0.15) is 31.9 Å². The third-order valence-corrected chi connectivity index (χ3v) is 5.55. The Labute approximate surface area is 174 Å². The lowest BCUT2D eigenvalue weighted by Gasteiger charge is -2.33. The Bertz CT molecular complexity index is 1080. The SMILES string of the molecule is CCCc1cc(N2CCC[C@H](C(=O)Nc3ccc4c(c3)OCO4)C2)n2ncnc2n1. The summed E-state index contributed by atoms with van der Waals surface area (Å²) < 4.78 is 12.5. The fourth-order valence-electron chi connectivity index (χ4n) is 4.07. The molecule has 30 heavy (non-hydrogen) atoms. The molecule has 1 atom stereocenters. The average Bonchev–Trinajstić information content (AvgIpc) is 3.42. The fraction of sp³-hybridized carbons (Fsp3) is 0.429. The van der Waals surface area contributed by atoms with Crippen molar-refractivity contribution < 1.29 is 14.3 Å². The maximum absolute atomic E-state index is 13.0. The second-order valence-corrected chi connectivity index (χ2v) is 7.67. The van der Waals surface area contributed by atoms with Crippen molar-refractivity contribution in [1.82, 2.24) is 19.6 Å². The largest absolute Gasteiger partial charge is 0.454 e. The van der Waals surface area contributed by atoms with Gasteiger partial charge in [0.25, 0.3) is 5.78 Å². The summed E-state index contributed by atoms with van der Waals surface area (Å²) in [6, 6.07) is 7.53. The van der Waals surface area contributed by atoms with Crippen molar-refractivity contribution >= 4 is 23.2 Å². The van der Waals surface area contributed by atoms with E-state index in [1.54, 1.807) is 10.6 Å². The number of hydrogen-bond donors (Lipinski definition) is 1. The molecule has 5 rings (SSSR count). The minimum atomic E-state index is -0.120. The van der Waals surface area contributed by atoms with Crippen molar-refractivity contribution in [2.75, 3.05) is 30.1 Å². The summed E-state index contributed by atoms with van der Waals surface area (Å²) in [6.07, 6.45) is 5.20. The van der Waals surface area contributed by atoms with E-state index >= 15 is 0 Å². The molecule has 0 aliphatic carbocycles. The lowest BCUT2D eigenvalue weighted by Crippen LogP contribution is -2.41. The Kier molecular flexibility index (Phi) is 4.86. The Morgan fingerprint density at radius 1 is 1.27 bits per heavy atom. The van der Waals surface area contributed by atoms with Crippen LogP contribution >= 0.6 is 0 Å². The van der Waals surface area contributed by atoms with Crippen molar-refractivity contribution in [1.29, 1.82) is 0 Å². The molecule has 2 aliphatic heterocycles. The molecule has 0 bridgehead atoms. The minimum Gasteiger partial charge on any atom is -0.454 e. The fourth-order valence-corrected chi connectivity index (χ4v) is 4.07. The molecule has 0 spiro atoms. The summed E-state index contributed by atoms with van der Waals surface area (Å²) in [7, 11) is 0. The molecule has 1 saturated heterocycles. The number of piperidine rings is 1. The molecule has 3 aromatic rings. The third kappa shape index (κ3) is 3.51. The number of amides is 1. The number of anilines is 2. The van der Waals surface area contributed by atoms with Gasteiger partial charge in [-0.2, -0.15) is 14.6 Å². The van der Waals surface area contributed by atoms with Crippen LogP contribution in [0.25, 0.3) is 5.78 Å². The maximum Gasteiger partial charge on any atom is 0.254 e. The van der Waals surface area contributed by atoms with E-state index in [2.05, 4.69) is 38.3 Å². The highest BCUT2D eigenvalue weighted by Gasteiger charge is 2.28. The van der Waals surface area contributed by atoms with Crippen LogP contribution in [0, 0.1) is 5.92 Å². The Hall–Kier alpha value is -3.36. The van der Waals surface area contributed by atoms with Gasteiger partial charge < -0.3 is 19.7 Å². The molecule has 156 valence electrons. The highest BCUT2D eigenvalue weighted by atomic mass is 16.7. The summed E-state index contributed by atoms with van der Waals surface area (Å²) in [5.74, 6) is 2.80. The average molecular weight is 408 g/mol. The van der Waals surface area contributed by atoms with E-state index in [0.717, 1.165) is 43.7 Å². The van der Waals surface area contributed by atoms with Gasteiger partial charge in [-0.3, -0.25) is 4.79 Å². The number of benzene rings is 1. The van der Waals surface area contributed by atoms with Gasteiger partial charge in [0.2, 0.25) is 12.7 Å². The first kappa shape index (κ1) is 18.7.